The molecule has 0 bridgehead atoms. The average Bonchev–Trinajstić information content (AvgIpc) is 2.62. The molecule has 1 aromatic carbocycles. The van der Waals surface area contributed by atoms with Gasteiger partial charge in [0, 0.05) is 5.92 Å². The maximum absolute atomic E-state index is 2.40. The summed E-state index contributed by atoms with van der Waals surface area (Å²) in [5.41, 5.74) is 2.77. The summed E-state index contributed by atoms with van der Waals surface area (Å²) in [5, 5.41) is 0. The molecule has 3 heteroatoms. The second-order valence-corrected chi connectivity index (χ2v) is 16.8. The molecule has 2 rings (SSSR count). The maximum atomic E-state index is 2.40. The van der Waals surface area contributed by atoms with E-state index in [0.29, 0.717) is 17.6 Å². The van der Waals surface area contributed by atoms with Gasteiger partial charge in [-0.25, -0.2) is 0 Å². The summed E-state index contributed by atoms with van der Waals surface area (Å²) in [6.45, 7) is 4.48. The van der Waals surface area contributed by atoms with Crippen LogP contribution < -0.4 is 0 Å². The van der Waals surface area contributed by atoms with E-state index in [-0.39, 0.29) is 0 Å². The number of fused-ring (bicyclic) bond motifs is 1. The van der Waals surface area contributed by atoms with E-state index in [1.165, 1.54) is 17.0 Å². The molecule has 0 amide bonds. The summed E-state index contributed by atoms with van der Waals surface area (Å²) >= 11 is 5.24. The summed E-state index contributed by atoms with van der Waals surface area (Å²) in [6.07, 6.45) is 4.43. The van der Waals surface area contributed by atoms with Crippen LogP contribution in [0.4, 0.5) is 0 Å². The van der Waals surface area contributed by atoms with Crippen LogP contribution >= 0.6 is 38.4 Å². The Balaban J connectivity index is 0.000000337. The number of allylic oxidation sites excluding steroid dienone is 1. The minimum absolute atomic E-state index is 0.440. The van der Waals surface area contributed by atoms with Gasteiger partial charge >= 0.3 is 50.0 Å². The molecule has 0 saturated carbocycles. The molecule has 0 heterocycles. The van der Waals surface area contributed by atoms with Crippen molar-refractivity contribution in [2.75, 3.05) is 0 Å². The molecular formula is C12H13I2Ti. The van der Waals surface area contributed by atoms with Crippen molar-refractivity contribution in [1.82, 2.24) is 0 Å². The van der Waals surface area contributed by atoms with Crippen molar-refractivity contribution in [3.8, 4) is 0 Å². The van der Waals surface area contributed by atoms with Gasteiger partial charge in [0.2, 0.25) is 0 Å². The van der Waals surface area contributed by atoms with Gasteiger partial charge in [0.25, 0.3) is 0 Å². The molecule has 0 unspecified atom stereocenters. The van der Waals surface area contributed by atoms with Crippen LogP contribution in [0.1, 0.15) is 25.0 Å². The number of benzene rings is 1. The third-order valence-electron chi connectivity index (χ3n) is 2.34. The van der Waals surface area contributed by atoms with Gasteiger partial charge in [-0.1, -0.05) is 50.3 Å². The van der Waals surface area contributed by atoms with Gasteiger partial charge in [-0.15, -0.1) is 0 Å². The van der Waals surface area contributed by atoms with Crippen LogP contribution in [0.3, 0.4) is 0 Å². The van der Waals surface area contributed by atoms with Crippen molar-refractivity contribution < 1.29 is 11.7 Å². The average molecular weight is 459 g/mol. The van der Waals surface area contributed by atoms with E-state index >= 15 is 0 Å². The fourth-order valence-electron chi connectivity index (χ4n) is 1.68. The second kappa shape index (κ2) is 7.46. The first kappa shape index (κ1) is 14.2. The zero-order valence-corrected chi connectivity index (χ0v) is 14.7. The first-order valence-corrected chi connectivity index (χ1v) is 14.9. The fourth-order valence-corrected chi connectivity index (χ4v) is 1.68. The molecule has 79 valence electrons. The van der Waals surface area contributed by atoms with Crippen LogP contribution in [0.25, 0.3) is 6.08 Å². The first-order chi connectivity index (χ1) is 7.20. The van der Waals surface area contributed by atoms with E-state index in [4.69, 9.17) is 0 Å². The van der Waals surface area contributed by atoms with E-state index in [0.717, 1.165) is 0 Å². The van der Waals surface area contributed by atoms with Gasteiger partial charge in [0.1, 0.15) is 0 Å². The molecule has 1 radical (unpaired) electrons. The van der Waals surface area contributed by atoms with Gasteiger partial charge < -0.3 is 0 Å². The van der Waals surface area contributed by atoms with Crippen molar-refractivity contribution >= 4 is 44.5 Å². The molecule has 0 N–H and O–H groups in total. The van der Waals surface area contributed by atoms with E-state index in [1.54, 1.807) is 0 Å². The topological polar surface area (TPSA) is 0 Å². The summed E-state index contributed by atoms with van der Waals surface area (Å²) in [7, 11) is 0. The van der Waals surface area contributed by atoms with Gasteiger partial charge in [0.05, 0.1) is 0 Å². The standard InChI is InChI=1S/C12H13.2HI.Ti/c1-9(2)11-8-7-10-5-3-4-6-12(10)11;;;/h3-9H,1-2H3;2*1H;/q;;;+2/p-2. The SMILES string of the molecule is CC(C)[C]1C=Cc2ccccc21.[I][Ti][I]. The number of hydrogen-bond acceptors (Lipinski definition) is 0. The third kappa shape index (κ3) is 4.13. The molecular weight excluding hydrogens is 446 g/mol. The van der Waals surface area contributed by atoms with Crippen molar-refractivity contribution in [2.45, 2.75) is 13.8 Å². The van der Waals surface area contributed by atoms with Crippen LogP contribution in [0.2, 0.25) is 0 Å². The van der Waals surface area contributed by atoms with E-state index < -0.39 is 0 Å². The molecule has 15 heavy (non-hydrogen) atoms. The van der Waals surface area contributed by atoms with Gasteiger partial charge in [-0.3, -0.25) is 0 Å². The zero-order chi connectivity index (χ0) is 11.3. The Morgan fingerprint density at radius 2 is 1.67 bits per heavy atom. The molecule has 0 saturated heterocycles. The predicted octanol–water partition coefficient (Wildman–Crippen LogP) is 5.06. The van der Waals surface area contributed by atoms with E-state index in [2.05, 4.69) is 88.6 Å². The first-order valence-electron chi connectivity index (χ1n) is 4.81. The van der Waals surface area contributed by atoms with Crippen molar-refractivity contribution in [3.63, 3.8) is 0 Å². The van der Waals surface area contributed by atoms with Crippen molar-refractivity contribution in [3.05, 3.63) is 47.4 Å². The monoisotopic (exact) mass is 459 g/mol. The Kier molecular flexibility index (Phi) is 7.06. The molecule has 0 aliphatic heterocycles. The Morgan fingerprint density at radius 1 is 1.07 bits per heavy atom. The van der Waals surface area contributed by atoms with Gasteiger partial charge in [0.15, 0.2) is 0 Å². The number of hydrogen-bond donors (Lipinski definition) is 0. The normalized spacial score (nSPS) is 13.4. The third-order valence-corrected chi connectivity index (χ3v) is 2.34. The second-order valence-electron chi connectivity index (χ2n) is 3.60. The summed E-state index contributed by atoms with van der Waals surface area (Å²) < 4.78 is 0. The van der Waals surface area contributed by atoms with Crippen LogP contribution in [0.5, 0.6) is 0 Å². The van der Waals surface area contributed by atoms with Crippen LogP contribution in [0, 0.1) is 11.8 Å². The van der Waals surface area contributed by atoms with Crippen molar-refractivity contribution in [1.29, 1.82) is 0 Å². The van der Waals surface area contributed by atoms with Crippen LogP contribution in [-0.2, 0) is 11.7 Å². The molecule has 0 atom stereocenters. The Hall–Kier alpha value is 1.13. The molecule has 1 aliphatic rings. The molecule has 0 nitrogen and oxygen atoms in total. The Bertz CT molecular complexity index is 334. The molecule has 0 fully saturated rings. The summed E-state index contributed by atoms with van der Waals surface area (Å²) in [6, 6.07) is 8.56. The van der Waals surface area contributed by atoms with Gasteiger partial charge in [-0.2, -0.15) is 0 Å². The molecule has 1 aromatic rings. The number of rotatable bonds is 1. The van der Waals surface area contributed by atoms with Gasteiger partial charge in [-0.05, 0) is 17.0 Å². The zero-order valence-electron chi connectivity index (χ0n) is 8.80. The molecule has 0 aromatic heterocycles. The minimum atomic E-state index is 0.440. The molecule has 1 aliphatic carbocycles. The summed E-state index contributed by atoms with van der Waals surface area (Å²) in [4.78, 5) is 0. The molecule has 0 spiro atoms. The fraction of sp³-hybridized carbons (Fsp3) is 0.250. The van der Waals surface area contributed by atoms with Crippen molar-refractivity contribution in [2.24, 2.45) is 5.92 Å². The quantitative estimate of drug-likeness (QED) is 0.407. The van der Waals surface area contributed by atoms with E-state index in [9.17, 15) is 0 Å². The Labute approximate surface area is 122 Å². The van der Waals surface area contributed by atoms with Crippen LogP contribution in [-0.4, -0.2) is 0 Å². The summed E-state index contributed by atoms with van der Waals surface area (Å²) in [5.74, 6) is 2.09. The number of halogens is 2. The Morgan fingerprint density at radius 3 is 2.27 bits per heavy atom. The van der Waals surface area contributed by atoms with Crippen LogP contribution in [0.15, 0.2) is 30.3 Å². The predicted molar refractivity (Wildman–Crippen MR) is 80.7 cm³/mol. The van der Waals surface area contributed by atoms with E-state index in [1.807, 2.05) is 0 Å².